The van der Waals surface area contributed by atoms with E-state index in [0.29, 0.717) is 24.1 Å². The fourth-order valence-corrected chi connectivity index (χ4v) is 1.47. The van der Waals surface area contributed by atoms with Gasteiger partial charge >= 0.3 is 0 Å². The van der Waals surface area contributed by atoms with Gasteiger partial charge in [-0.2, -0.15) is 9.97 Å². The minimum Gasteiger partial charge on any atom is -0.444 e. The summed E-state index contributed by atoms with van der Waals surface area (Å²) in [6.45, 7) is 4.24. The Morgan fingerprint density at radius 2 is 1.94 bits per heavy atom. The summed E-state index contributed by atoms with van der Waals surface area (Å²) >= 11 is 0. The maximum atomic E-state index is 5.59. The lowest BCUT2D eigenvalue weighted by Gasteiger charge is -2.06. The molecule has 0 spiro atoms. The number of nitrogens with zero attached hydrogens (tertiary/aromatic N) is 3. The van der Waals surface area contributed by atoms with Crippen LogP contribution >= 0.6 is 0 Å². The number of aromatic nitrogens is 3. The van der Waals surface area contributed by atoms with E-state index in [1.807, 2.05) is 13.8 Å². The van der Waals surface area contributed by atoms with Gasteiger partial charge < -0.3 is 20.8 Å². The molecule has 0 unspecified atom stereocenters. The van der Waals surface area contributed by atoms with E-state index in [4.69, 9.17) is 10.2 Å². The Kier molecular flexibility index (Phi) is 3.31. The van der Waals surface area contributed by atoms with Gasteiger partial charge in [0.15, 0.2) is 0 Å². The predicted octanol–water partition coefficient (Wildman–Crippen LogP) is 1.32. The molecule has 0 saturated carbocycles. The molecule has 7 nitrogen and oxygen atoms in total. The van der Waals surface area contributed by atoms with Crippen molar-refractivity contribution < 1.29 is 4.42 Å². The number of anilines is 3. The highest BCUT2D eigenvalue weighted by Crippen LogP contribution is 2.14. The number of hydrogen-bond acceptors (Lipinski definition) is 7. The zero-order valence-corrected chi connectivity index (χ0v) is 10.6. The van der Waals surface area contributed by atoms with E-state index in [0.717, 1.165) is 11.5 Å². The first kappa shape index (κ1) is 12.2. The highest BCUT2D eigenvalue weighted by Gasteiger charge is 2.06. The largest absolute Gasteiger partial charge is 0.444 e. The zero-order chi connectivity index (χ0) is 13.1. The second-order valence-electron chi connectivity index (χ2n) is 3.85. The average molecular weight is 248 g/mol. The molecule has 0 radical (unpaired) electrons. The van der Waals surface area contributed by atoms with E-state index in [9.17, 15) is 0 Å². The van der Waals surface area contributed by atoms with E-state index >= 15 is 0 Å². The molecule has 0 aliphatic rings. The molecule has 7 heteroatoms. The van der Waals surface area contributed by atoms with E-state index in [1.54, 1.807) is 13.1 Å². The van der Waals surface area contributed by atoms with Gasteiger partial charge in [-0.25, -0.2) is 4.98 Å². The molecule has 0 saturated heterocycles. The fraction of sp³-hybridized carbons (Fsp3) is 0.364. The van der Waals surface area contributed by atoms with Crippen LogP contribution in [-0.2, 0) is 6.54 Å². The summed E-state index contributed by atoms with van der Waals surface area (Å²) in [5, 5.41) is 6.00. The first-order valence-electron chi connectivity index (χ1n) is 5.57. The van der Waals surface area contributed by atoms with E-state index in [-0.39, 0.29) is 5.95 Å². The molecule has 0 fully saturated rings. The molecule has 2 aromatic heterocycles. The van der Waals surface area contributed by atoms with Gasteiger partial charge in [-0.15, -0.1) is 0 Å². The van der Waals surface area contributed by atoms with Gasteiger partial charge in [0.1, 0.15) is 17.4 Å². The van der Waals surface area contributed by atoms with Crippen molar-refractivity contribution in [2.45, 2.75) is 20.4 Å². The molecule has 0 atom stereocenters. The molecular weight excluding hydrogens is 232 g/mol. The van der Waals surface area contributed by atoms with Crippen molar-refractivity contribution in [2.24, 2.45) is 0 Å². The highest BCUT2D eigenvalue weighted by atomic mass is 16.4. The van der Waals surface area contributed by atoms with E-state index < -0.39 is 0 Å². The number of aryl methyl sites for hydroxylation is 2. The lowest BCUT2D eigenvalue weighted by molar-refractivity contribution is 0.478. The van der Waals surface area contributed by atoms with Gasteiger partial charge in [-0.3, -0.25) is 0 Å². The summed E-state index contributed by atoms with van der Waals surface area (Å²) in [5.74, 6) is 2.94. The zero-order valence-electron chi connectivity index (χ0n) is 10.6. The van der Waals surface area contributed by atoms with E-state index in [2.05, 4.69) is 25.6 Å². The number of nitrogens with one attached hydrogen (secondary N) is 2. The number of hydrogen-bond donors (Lipinski definition) is 3. The Labute approximate surface area is 105 Å². The molecule has 2 rings (SSSR count). The Morgan fingerprint density at radius 1 is 1.22 bits per heavy atom. The van der Waals surface area contributed by atoms with Gasteiger partial charge in [0.25, 0.3) is 0 Å². The maximum absolute atomic E-state index is 5.59. The Balaban J connectivity index is 2.07. The second-order valence-corrected chi connectivity index (χ2v) is 3.85. The summed E-state index contributed by atoms with van der Waals surface area (Å²) in [5.41, 5.74) is 6.48. The summed E-state index contributed by atoms with van der Waals surface area (Å²) in [7, 11) is 1.77. The van der Waals surface area contributed by atoms with Crippen LogP contribution in [0.15, 0.2) is 10.5 Å². The smallest absolute Gasteiger partial charge is 0.223 e. The third-order valence-corrected chi connectivity index (χ3v) is 2.49. The first-order chi connectivity index (χ1) is 8.58. The molecule has 0 amide bonds. The van der Waals surface area contributed by atoms with Crippen LogP contribution in [0.3, 0.4) is 0 Å². The lowest BCUT2D eigenvalue weighted by atomic mass is 10.4. The van der Waals surface area contributed by atoms with Crippen LogP contribution in [0, 0.1) is 13.8 Å². The molecule has 2 heterocycles. The second kappa shape index (κ2) is 4.91. The normalized spacial score (nSPS) is 10.4. The molecule has 96 valence electrons. The Morgan fingerprint density at radius 3 is 2.56 bits per heavy atom. The van der Waals surface area contributed by atoms with Crippen molar-refractivity contribution in [3.63, 3.8) is 0 Å². The van der Waals surface area contributed by atoms with Crippen LogP contribution in [0.25, 0.3) is 0 Å². The molecule has 18 heavy (non-hydrogen) atoms. The van der Waals surface area contributed by atoms with Crippen molar-refractivity contribution in [1.82, 2.24) is 15.0 Å². The van der Waals surface area contributed by atoms with Crippen molar-refractivity contribution in [3.8, 4) is 0 Å². The van der Waals surface area contributed by atoms with Gasteiger partial charge in [0.05, 0.1) is 12.2 Å². The van der Waals surface area contributed by atoms with Crippen LogP contribution in [0.5, 0.6) is 0 Å². The van der Waals surface area contributed by atoms with Gasteiger partial charge in [0.2, 0.25) is 11.8 Å². The van der Waals surface area contributed by atoms with Gasteiger partial charge in [-0.1, -0.05) is 0 Å². The van der Waals surface area contributed by atoms with E-state index in [1.165, 1.54) is 0 Å². The van der Waals surface area contributed by atoms with Gasteiger partial charge in [-0.05, 0) is 13.8 Å². The SMILES string of the molecule is CNc1cc(NCc2nc(C)c(C)o2)nc(N)n1. The molecule has 0 aromatic carbocycles. The van der Waals surface area contributed by atoms with Crippen molar-refractivity contribution in [2.75, 3.05) is 23.4 Å². The van der Waals surface area contributed by atoms with Crippen LogP contribution in [0.1, 0.15) is 17.3 Å². The lowest BCUT2D eigenvalue weighted by Crippen LogP contribution is -2.06. The summed E-state index contributed by atoms with van der Waals surface area (Å²) in [6, 6.07) is 1.76. The highest BCUT2D eigenvalue weighted by molar-refractivity contribution is 5.50. The van der Waals surface area contributed by atoms with Crippen molar-refractivity contribution >= 4 is 17.6 Å². The van der Waals surface area contributed by atoms with Crippen LogP contribution in [0.2, 0.25) is 0 Å². The predicted molar refractivity (Wildman–Crippen MR) is 69.3 cm³/mol. The minimum absolute atomic E-state index is 0.212. The molecule has 0 aliphatic heterocycles. The summed E-state index contributed by atoms with van der Waals surface area (Å²) < 4.78 is 5.46. The van der Waals surface area contributed by atoms with Crippen molar-refractivity contribution in [3.05, 3.63) is 23.4 Å². The quantitative estimate of drug-likeness (QED) is 0.749. The molecule has 2 aromatic rings. The molecule has 0 aliphatic carbocycles. The summed E-state index contributed by atoms with van der Waals surface area (Å²) in [6.07, 6.45) is 0. The van der Waals surface area contributed by atoms with Crippen LogP contribution < -0.4 is 16.4 Å². The third-order valence-electron chi connectivity index (χ3n) is 2.49. The number of nitrogens with two attached hydrogens (primary N) is 1. The Hall–Kier alpha value is -2.31. The van der Waals surface area contributed by atoms with Gasteiger partial charge in [0, 0.05) is 13.1 Å². The first-order valence-corrected chi connectivity index (χ1v) is 5.57. The maximum Gasteiger partial charge on any atom is 0.223 e. The monoisotopic (exact) mass is 248 g/mol. The molecule has 4 N–H and O–H groups in total. The van der Waals surface area contributed by atoms with Crippen LogP contribution in [-0.4, -0.2) is 22.0 Å². The number of rotatable bonds is 4. The number of oxazole rings is 1. The topological polar surface area (TPSA) is 102 Å². The number of nitrogen functional groups attached to an aromatic ring is 1. The fourth-order valence-electron chi connectivity index (χ4n) is 1.47. The minimum atomic E-state index is 0.212. The molecular formula is C11H16N6O. The average Bonchev–Trinajstić information content (AvgIpc) is 2.65. The Bertz CT molecular complexity index is 531. The van der Waals surface area contributed by atoms with Crippen LogP contribution in [0.4, 0.5) is 17.6 Å². The van der Waals surface area contributed by atoms with Crippen molar-refractivity contribution in [1.29, 1.82) is 0 Å². The molecule has 0 bridgehead atoms. The summed E-state index contributed by atoms with van der Waals surface area (Å²) in [4.78, 5) is 12.3. The standard InChI is InChI=1S/C11H16N6O/c1-6-7(2)18-10(15-6)5-14-9-4-8(13-3)16-11(12)17-9/h4H,5H2,1-3H3,(H4,12,13,14,16,17). The third kappa shape index (κ3) is 2.68.